The zero-order valence-electron chi connectivity index (χ0n) is 14.5. The van der Waals surface area contributed by atoms with E-state index in [0.717, 1.165) is 0 Å². The summed E-state index contributed by atoms with van der Waals surface area (Å²) in [6, 6.07) is 0. The molecule has 0 heterocycles. The maximum absolute atomic E-state index is 13.9. The van der Waals surface area contributed by atoms with Gasteiger partial charge in [-0.15, -0.1) is 0 Å². The third kappa shape index (κ3) is 5.63. The number of nitrogens with one attached hydrogen (secondary N) is 1. The van der Waals surface area contributed by atoms with E-state index in [1.807, 2.05) is 0 Å². The van der Waals surface area contributed by atoms with Gasteiger partial charge >= 0.3 is 48.4 Å². The first kappa shape index (κ1) is 31.2. The minimum absolute atomic E-state index is 0.581. The first-order valence-electron chi connectivity index (χ1n) is 7.15. The molecule has 0 aromatic carbocycles. The lowest BCUT2D eigenvalue weighted by Crippen LogP contribution is -2.68. The van der Waals surface area contributed by atoms with Crippen molar-refractivity contribution in [2.75, 3.05) is 13.2 Å². The SMILES string of the molecule is O=C(NCCO)[C@](F)(OC(F)(F)[C@](F)(OC(F)(F)C(F)(F)C(F)(F)F)C(F)(F)F)C(F)(F)F. The van der Waals surface area contributed by atoms with Gasteiger partial charge in [0.15, 0.2) is 0 Å². The van der Waals surface area contributed by atoms with Gasteiger partial charge in [0, 0.05) is 6.54 Å². The highest BCUT2D eigenvalue weighted by Gasteiger charge is 2.85. The normalized spacial score (nSPS) is 18.5. The highest BCUT2D eigenvalue weighted by Crippen LogP contribution is 2.56. The molecule has 0 aromatic rings. The lowest BCUT2D eigenvalue weighted by atomic mass is 10.2. The first-order chi connectivity index (χ1) is 14.1. The summed E-state index contributed by atoms with van der Waals surface area (Å²) in [5.74, 6) is -26.3. The van der Waals surface area contributed by atoms with Crippen molar-refractivity contribution >= 4 is 5.91 Å². The molecule has 2 N–H and O–H groups in total. The van der Waals surface area contributed by atoms with Crippen LogP contribution in [0.1, 0.15) is 0 Å². The second-order valence-corrected chi connectivity index (χ2v) is 5.48. The standard InChI is InChI=1S/C11H6F17NO4/c12-4(7(16,17)18,3(31)29-1-2-30)32-11(27,28)6(15,9(22,23)24)33-10(25,26)5(13,14)8(19,20)21/h30H,1-2H2,(H,29,31)/t4-,6+/m0/s1. The summed E-state index contributed by atoms with van der Waals surface area (Å²) in [7, 11) is 0. The molecule has 2 atom stereocenters. The van der Waals surface area contributed by atoms with Crippen LogP contribution in [-0.2, 0) is 14.3 Å². The van der Waals surface area contributed by atoms with E-state index in [-0.39, 0.29) is 0 Å². The summed E-state index contributed by atoms with van der Waals surface area (Å²) in [5, 5.41) is 8.82. The Labute approximate surface area is 168 Å². The Morgan fingerprint density at radius 1 is 0.636 bits per heavy atom. The van der Waals surface area contributed by atoms with E-state index >= 15 is 0 Å². The third-order valence-electron chi connectivity index (χ3n) is 3.05. The molecule has 0 aliphatic heterocycles. The minimum atomic E-state index is -8.06. The smallest absolute Gasteiger partial charge is 0.395 e. The lowest BCUT2D eigenvalue weighted by molar-refractivity contribution is -0.548. The Balaban J connectivity index is 6.67. The van der Waals surface area contributed by atoms with E-state index in [0.29, 0.717) is 5.32 Å². The summed E-state index contributed by atoms with van der Waals surface area (Å²) in [6.07, 6.45) is -38.6. The number of alkyl halides is 17. The molecule has 0 aliphatic carbocycles. The number of amides is 1. The van der Waals surface area contributed by atoms with Gasteiger partial charge in [-0.2, -0.15) is 74.6 Å². The van der Waals surface area contributed by atoms with Crippen LogP contribution in [0.25, 0.3) is 0 Å². The van der Waals surface area contributed by atoms with E-state index in [2.05, 4.69) is 0 Å². The van der Waals surface area contributed by atoms with Crippen LogP contribution in [0.2, 0.25) is 0 Å². The number of aliphatic hydroxyl groups is 1. The van der Waals surface area contributed by atoms with E-state index in [1.165, 1.54) is 4.74 Å². The molecule has 22 heteroatoms. The predicted molar refractivity (Wildman–Crippen MR) is 62.9 cm³/mol. The molecule has 198 valence electrons. The quantitative estimate of drug-likeness (QED) is 0.436. The van der Waals surface area contributed by atoms with Crippen LogP contribution in [0, 0.1) is 0 Å². The number of carbonyl (C=O) groups excluding carboxylic acids is 1. The fraction of sp³-hybridized carbons (Fsp3) is 0.909. The fourth-order valence-electron chi connectivity index (χ4n) is 1.45. The van der Waals surface area contributed by atoms with Crippen LogP contribution in [0.5, 0.6) is 0 Å². The van der Waals surface area contributed by atoms with Crippen LogP contribution < -0.4 is 5.32 Å². The average Bonchev–Trinajstić information content (AvgIpc) is 2.55. The van der Waals surface area contributed by atoms with Gasteiger partial charge in [0.05, 0.1) is 6.61 Å². The summed E-state index contributed by atoms with van der Waals surface area (Å²) in [5.41, 5.74) is 0. The second kappa shape index (κ2) is 8.74. The number of ether oxygens (including phenoxy) is 2. The molecule has 0 fully saturated rings. The van der Waals surface area contributed by atoms with E-state index in [1.54, 1.807) is 4.74 Å². The molecule has 0 rings (SSSR count). The van der Waals surface area contributed by atoms with Crippen LogP contribution in [0.3, 0.4) is 0 Å². The summed E-state index contributed by atoms with van der Waals surface area (Å²) < 4.78 is 221. The van der Waals surface area contributed by atoms with Crippen molar-refractivity contribution in [2.24, 2.45) is 0 Å². The van der Waals surface area contributed by atoms with Crippen molar-refractivity contribution in [3.05, 3.63) is 0 Å². The number of rotatable bonds is 9. The molecule has 33 heavy (non-hydrogen) atoms. The molecule has 0 saturated carbocycles. The van der Waals surface area contributed by atoms with Gasteiger partial charge in [0.1, 0.15) is 0 Å². The predicted octanol–water partition coefficient (Wildman–Crippen LogP) is 3.97. The van der Waals surface area contributed by atoms with Gasteiger partial charge in [0.2, 0.25) is 0 Å². The highest BCUT2D eigenvalue weighted by molar-refractivity contribution is 5.84. The van der Waals surface area contributed by atoms with Crippen LogP contribution in [0.15, 0.2) is 0 Å². The van der Waals surface area contributed by atoms with Crippen LogP contribution >= 0.6 is 0 Å². The van der Waals surface area contributed by atoms with Crippen molar-refractivity contribution in [2.45, 2.75) is 48.4 Å². The van der Waals surface area contributed by atoms with Crippen molar-refractivity contribution < 1.29 is 94.0 Å². The molecule has 5 nitrogen and oxygen atoms in total. The molecule has 0 aliphatic rings. The number of aliphatic hydroxyl groups excluding tert-OH is 1. The zero-order chi connectivity index (χ0) is 27.1. The number of hydrogen-bond donors (Lipinski definition) is 2. The van der Waals surface area contributed by atoms with Gasteiger partial charge in [-0.25, -0.2) is 0 Å². The van der Waals surface area contributed by atoms with E-state index < -0.39 is 67.4 Å². The van der Waals surface area contributed by atoms with Gasteiger partial charge in [-0.1, -0.05) is 0 Å². The van der Waals surface area contributed by atoms with Crippen LogP contribution in [-0.4, -0.2) is 72.5 Å². The van der Waals surface area contributed by atoms with Gasteiger partial charge in [0.25, 0.3) is 5.91 Å². The molecule has 0 unspecified atom stereocenters. The molecule has 0 bridgehead atoms. The maximum Gasteiger partial charge on any atom is 0.462 e. The summed E-state index contributed by atoms with van der Waals surface area (Å²) in [4.78, 5) is 11.1. The summed E-state index contributed by atoms with van der Waals surface area (Å²) in [6.45, 7) is -2.84. The number of halogens is 17. The lowest BCUT2D eigenvalue weighted by Gasteiger charge is -2.40. The summed E-state index contributed by atoms with van der Waals surface area (Å²) >= 11 is 0. The maximum atomic E-state index is 13.9. The van der Waals surface area contributed by atoms with Crippen LogP contribution in [0.4, 0.5) is 74.6 Å². The fourth-order valence-corrected chi connectivity index (χ4v) is 1.45. The molecule has 1 amide bonds. The zero-order valence-corrected chi connectivity index (χ0v) is 14.5. The molecule has 0 saturated heterocycles. The van der Waals surface area contributed by atoms with Gasteiger partial charge in [-0.05, 0) is 0 Å². The number of hydrogen-bond acceptors (Lipinski definition) is 4. The topological polar surface area (TPSA) is 67.8 Å². The van der Waals surface area contributed by atoms with E-state index in [9.17, 15) is 79.4 Å². The highest BCUT2D eigenvalue weighted by atomic mass is 19.4. The van der Waals surface area contributed by atoms with Gasteiger partial charge in [-0.3, -0.25) is 14.3 Å². The van der Waals surface area contributed by atoms with Gasteiger partial charge < -0.3 is 10.4 Å². The number of carbonyl (C=O) groups is 1. The van der Waals surface area contributed by atoms with Crippen molar-refractivity contribution in [1.82, 2.24) is 5.32 Å². The largest absolute Gasteiger partial charge is 0.462 e. The molecule has 0 radical (unpaired) electrons. The third-order valence-corrected chi connectivity index (χ3v) is 3.05. The Morgan fingerprint density at radius 2 is 1.06 bits per heavy atom. The van der Waals surface area contributed by atoms with Crippen molar-refractivity contribution in [3.8, 4) is 0 Å². The molecule has 0 spiro atoms. The average molecular weight is 539 g/mol. The van der Waals surface area contributed by atoms with E-state index in [4.69, 9.17) is 5.11 Å². The second-order valence-electron chi connectivity index (χ2n) is 5.48. The molecular formula is C11H6F17NO4. The minimum Gasteiger partial charge on any atom is -0.395 e. The van der Waals surface area contributed by atoms with Crippen molar-refractivity contribution in [3.63, 3.8) is 0 Å². The molecular weight excluding hydrogens is 533 g/mol. The Kier molecular flexibility index (Phi) is 8.26. The Bertz CT molecular complexity index is 701. The Morgan fingerprint density at radius 3 is 1.36 bits per heavy atom. The Hall–Kier alpha value is -1.84. The molecule has 0 aromatic heterocycles. The van der Waals surface area contributed by atoms with Crippen molar-refractivity contribution in [1.29, 1.82) is 0 Å². The first-order valence-corrected chi connectivity index (χ1v) is 7.15. The monoisotopic (exact) mass is 539 g/mol.